The highest BCUT2D eigenvalue weighted by molar-refractivity contribution is 7.92. The molecule has 0 atom stereocenters. The number of anilines is 2. The van der Waals surface area contributed by atoms with Crippen LogP contribution in [0.4, 0.5) is 24.5 Å². The van der Waals surface area contributed by atoms with Crippen LogP contribution in [0, 0.1) is 0 Å². The third-order valence-corrected chi connectivity index (χ3v) is 5.28. The summed E-state index contributed by atoms with van der Waals surface area (Å²) in [6, 6.07) is 7.92. The minimum Gasteiger partial charge on any atom is -0.465 e. The van der Waals surface area contributed by atoms with Gasteiger partial charge in [0.2, 0.25) is 15.9 Å². The van der Waals surface area contributed by atoms with Crippen molar-refractivity contribution in [3.63, 3.8) is 0 Å². The van der Waals surface area contributed by atoms with Gasteiger partial charge in [-0.15, -0.1) is 0 Å². The van der Waals surface area contributed by atoms with Gasteiger partial charge in [0.15, 0.2) is 0 Å². The van der Waals surface area contributed by atoms with E-state index in [1.165, 1.54) is 24.3 Å². The molecule has 0 radical (unpaired) electrons. The molecule has 0 bridgehead atoms. The van der Waals surface area contributed by atoms with Gasteiger partial charge < -0.3 is 10.1 Å². The predicted octanol–water partition coefficient (Wildman–Crippen LogP) is 3.55. The second kappa shape index (κ2) is 8.92. The summed E-state index contributed by atoms with van der Waals surface area (Å²) in [5, 5.41) is 2.06. The van der Waals surface area contributed by atoms with Crippen molar-refractivity contribution in [2.45, 2.75) is 6.18 Å². The summed E-state index contributed by atoms with van der Waals surface area (Å²) in [5.74, 6) is -1.66. The first-order chi connectivity index (χ1) is 13.8. The minimum atomic E-state index is -4.75. The Labute approximate surface area is 175 Å². The Morgan fingerprint density at radius 1 is 1.17 bits per heavy atom. The molecule has 2 rings (SSSR count). The maximum atomic E-state index is 13.0. The van der Waals surface area contributed by atoms with Crippen LogP contribution in [0.25, 0.3) is 0 Å². The fourth-order valence-corrected chi connectivity index (χ4v) is 3.59. The largest absolute Gasteiger partial charge is 0.465 e. The van der Waals surface area contributed by atoms with Crippen LogP contribution in [-0.4, -0.2) is 40.2 Å². The summed E-state index contributed by atoms with van der Waals surface area (Å²) in [5.41, 5.74) is -1.59. The van der Waals surface area contributed by atoms with E-state index in [4.69, 9.17) is 11.6 Å². The number of carbonyl (C=O) groups is 2. The molecule has 2 aromatic carbocycles. The maximum absolute atomic E-state index is 13.0. The SMILES string of the molecule is COC(=O)c1ccccc1NC(=O)CN(c1cc(C(F)(F)F)ccc1Cl)S(C)(=O)=O. The number of alkyl halides is 3. The normalized spacial score (nSPS) is 11.7. The highest BCUT2D eigenvalue weighted by Gasteiger charge is 2.33. The fraction of sp³-hybridized carbons (Fsp3) is 0.222. The molecule has 7 nitrogen and oxygen atoms in total. The van der Waals surface area contributed by atoms with E-state index < -0.39 is 45.9 Å². The van der Waals surface area contributed by atoms with Crippen molar-refractivity contribution in [2.75, 3.05) is 29.5 Å². The van der Waals surface area contributed by atoms with Gasteiger partial charge in [0.05, 0.1) is 40.9 Å². The number of nitrogens with one attached hydrogen (secondary N) is 1. The Morgan fingerprint density at radius 2 is 1.80 bits per heavy atom. The highest BCUT2D eigenvalue weighted by Crippen LogP contribution is 2.36. The molecule has 0 aromatic heterocycles. The number of para-hydroxylation sites is 1. The number of hydrogen-bond donors (Lipinski definition) is 1. The number of halogens is 4. The molecular weight excluding hydrogens is 449 g/mol. The number of methoxy groups -OCH3 is 1. The molecule has 1 amide bonds. The molecule has 0 unspecified atom stereocenters. The third-order valence-electron chi connectivity index (χ3n) is 3.84. The first-order valence-corrected chi connectivity index (χ1v) is 10.4. The number of hydrogen-bond acceptors (Lipinski definition) is 5. The number of nitrogens with zero attached hydrogens (tertiary/aromatic N) is 1. The molecule has 0 heterocycles. The van der Waals surface area contributed by atoms with Crippen LogP contribution in [-0.2, 0) is 25.7 Å². The second-order valence-corrected chi connectivity index (χ2v) is 8.33. The Kier molecular flexibility index (Phi) is 6.99. The van der Waals surface area contributed by atoms with Crippen molar-refractivity contribution in [2.24, 2.45) is 0 Å². The van der Waals surface area contributed by atoms with Crippen molar-refractivity contribution in [1.29, 1.82) is 0 Å². The summed E-state index contributed by atoms with van der Waals surface area (Å²) < 4.78 is 68.5. The molecule has 0 aliphatic rings. The smallest absolute Gasteiger partial charge is 0.416 e. The Morgan fingerprint density at radius 3 is 2.37 bits per heavy atom. The Balaban J connectivity index is 2.39. The molecule has 162 valence electrons. The summed E-state index contributed by atoms with van der Waals surface area (Å²) in [6.45, 7) is -0.880. The zero-order valence-corrected chi connectivity index (χ0v) is 17.2. The number of rotatable bonds is 6. The fourth-order valence-electron chi connectivity index (χ4n) is 2.46. The van der Waals surface area contributed by atoms with E-state index in [0.29, 0.717) is 16.4 Å². The van der Waals surface area contributed by atoms with E-state index >= 15 is 0 Å². The van der Waals surface area contributed by atoms with Gasteiger partial charge in [-0.25, -0.2) is 13.2 Å². The first kappa shape index (κ1) is 23.5. The molecule has 0 aliphatic carbocycles. The van der Waals surface area contributed by atoms with E-state index in [-0.39, 0.29) is 16.3 Å². The van der Waals surface area contributed by atoms with Crippen LogP contribution >= 0.6 is 11.6 Å². The lowest BCUT2D eigenvalue weighted by molar-refractivity contribution is -0.137. The topological polar surface area (TPSA) is 92.8 Å². The highest BCUT2D eigenvalue weighted by atomic mass is 35.5. The van der Waals surface area contributed by atoms with Crippen LogP contribution in [0.1, 0.15) is 15.9 Å². The number of carbonyl (C=O) groups excluding carboxylic acids is 2. The molecule has 30 heavy (non-hydrogen) atoms. The van der Waals surface area contributed by atoms with Gasteiger partial charge in [-0.1, -0.05) is 23.7 Å². The first-order valence-electron chi connectivity index (χ1n) is 8.16. The molecule has 0 saturated heterocycles. The van der Waals surface area contributed by atoms with E-state index in [2.05, 4.69) is 10.1 Å². The van der Waals surface area contributed by atoms with Crippen LogP contribution in [0.15, 0.2) is 42.5 Å². The second-order valence-electron chi connectivity index (χ2n) is 6.02. The van der Waals surface area contributed by atoms with Crippen LogP contribution in [0.2, 0.25) is 5.02 Å². The average molecular weight is 465 g/mol. The molecule has 1 N–H and O–H groups in total. The zero-order valence-electron chi connectivity index (χ0n) is 15.7. The number of sulfonamides is 1. The van der Waals surface area contributed by atoms with Gasteiger partial charge in [0.25, 0.3) is 0 Å². The summed E-state index contributed by atoms with van der Waals surface area (Å²) in [4.78, 5) is 24.3. The van der Waals surface area contributed by atoms with Crippen molar-refractivity contribution in [3.8, 4) is 0 Å². The van der Waals surface area contributed by atoms with Crippen LogP contribution in [0.3, 0.4) is 0 Å². The van der Waals surface area contributed by atoms with Gasteiger partial charge in [-0.2, -0.15) is 13.2 Å². The molecule has 0 aliphatic heterocycles. The lowest BCUT2D eigenvalue weighted by atomic mass is 10.1. The standard InChI is InChI=1S/C18H16ClF3N2O5S/c1-29-17(26)12-5-3-4-6-14(12)23-16(25)10-24(30(2,27)28)15-9-11(18(20,21)22)7-8-13(15)19/h3-9H,10H2,1-2H3,(H,23,25). The summed E-state index contributed by atoms with van der Waals surface area (Å²) >= 11 is 5.91. The third kappa shape index (κ3) is 5.63. The van der Waals surface area contributed by atoms with Gasteiger partial charge in [-0.3, -0.25) is 9.10 Å². The summed E-state index contributed by atoms with van der Waals surface area (Å²) in [6.07, 6.45) is -4.02. The van der Waals surface area contributed by atoms with Gasteiger partial charge in [-0.05, 0) is 30.3 Å². The lowest BCUT2D eigenvalue weighted by Crippen LogP contribution is -2.38. The average Bonchev–Trinajstić information content (AvgIpc) is 2.65. The van der Waals surface area contributed by atoms with Gasteiger partial charge in [0, 0.05) is 0 Å². The van der Waals surface area contributed by atoms with E-state index in [1.807, 2.05) is 0 Å². The van der Waals surface area contributed by atoms with Crippen molar-refractivity contribution in [3.05, 3.63) is 58.6 Å². The quantitative estimate of drug-likeness (QED) is 0.660. The minimum absolute atomic E-state index is 0.0105. The number of benzene rings is 2. The maximum Gasteiger partial charge on any atom is 0.416 e. The Bertz CT molecular complexity index is 1070. The van der Waals surface area contributed by atoms with Crippen molar-refractivity contribution in [1.82, 2.24) is 0 Å². The predicted molar refractivity (Wildman–Crippen MR) is 105 cm³/mol. The van der Waals surface area contributed by atoms with Gasteiger partial charge in [0.1, 0.15) is 6.54 Å². The monoisotopic (exact) mass is 464 g/mol. The van der Waals surface area contributed by atoms with Crippen LogP contribution < -0.4 is 9.62 Å². The molecule has 2 aromatic rings. The van der Waals surface area contributed by atoms with Crippen LogP contribution in [0.5, 0.6) is 0 Å². The number of esters is 1. The van der Waals surface area contributed by atoms with E-state index in [9.17, 15) is 31.2 Å². The molecule has 12 heteroatoms. The zero-order chi connectivity index (χ0) is 22.7. The van der Waals surface area contributed by atoms with Crippen molar-refractivity contribution >= 4 is 44.9 Å². The van der Waals surface area contributed by atoms with E-state index in [0.717, 1.165) is 19.4 Å². The molecule has 0 saturated carbocycles. The number of amides is 1. The van der Waals surface area contributed by atoms with Crippen molar-refractivity contribution < 1.29 is 35.9 Å². The van der Waals surface area contributed by atoms with E-state index in [1.54, 1.807) is 0 Å². The molecule has 0 spiro atoms. The Hall–Kier alpha value is -2.79. The number of ether oxygens (including phenoxy) is 1. The van der Waals surface area contributed by atoms with Gasteiger partial charge >= 0.3 is 12.1 Å². The lowest BCUT2D eigenvalue weighted by Gasteiger charge is -2.24. The molecule has 0 fully saturated rings. The summed E-state index contributed by atoms with van der Waals surface area (Å²) in [7, 11) is -3.05. The molecular formula is C18H16ClF3N2O5S.